The standard InChI is InChI=1S/C13H20O3/c1-5-6-7-11(10-14)8-9-12(15)16-13(2,3)4/h5H,1,6-9H2,2-4H3. The Morgan fingerprint density at radius 2 is 1.94 bits per heavy atom. The number of carbonyl (C=O) groups is 1. The summed E-state index contributed by atoms with van der Waals surface area (Å²) in [7, 11) is 0. The smallest absolute Gasteiger partial charge is 0.306 e. The number of rotatable bonds is 6. The molecule has 0 rings (SSSR count). The summed E-state index contributed by atoms with van der Waals surface area (Å²) < 4.78 is 5.13. The van der Waals surface area contributed by atoms with Crippen molar-refractivity contribution in [2.45, 2.75) is 52.1 Å². The van der Waals surface area contributed by atoms with Crippen LogP contribution in [-0.2, 0) is 14.3 Å². The quantitative estimate of drug-likeness (QED) is 0.396. The van der Waals surface area contributed by atoms with E-state index in [1.165, 1.54) is 0 Å². The second kappa shape index (κ2) is 7.02. The predicted octanol–water partition coefficient (Wildman–Crippen LogP) is 2.83. The molecule has 3 heteroatoms. The highest BCUT2D eigenvalue weighted by Crippen LogP contribution is 2.13. The fraction of sp³-hybridized carbons (Fsp3) is 0.615. The number of allylic oxidation sites excluding steroid dienone is 2. The molecule has 0 unspecified atom stereocenters. The Bertz CT molecular complexity index is 291. The van der Waals surface area contributed by atoms with E-state index < -0.39 is 5.60 Å². The monoisotopic (exact) mass is 224 g/mol. The molecule has 0 N–H and O–H groups in total. The van der Waals surface area contributed by atoms with Gasteiger partial charge in [-0.1, -0.05) is 6.08 Å². The van der Waals surface area contributed by atoms with Crippen molar-refractivity contribution in [3.05, 3.63) is 18.2 Å². The highest BCUT2D eigenvalue weighted by molar-refractivity contribution is 5.70. The molecule has 16 heavy (non-hydrogen) atoms. The minimum atomic E-state index is -0.469. The lowest BCUT2D eigenvalue weighted by Crippen LogP contribution is -2.23. The van der Waals surface area contributed by atoms with Crippen LogP contribution in [0.2, 0.25) is 0 Å². The highest BCUT2D eigenvalue weighted by Gasteiger charge is 2.16. The Hall–Kier alpha value is -1.34. The first-order valence-electron chi connectivity index (χ1n) is 5.44. The molecule has 0 aromatic heterocycles. The third-order valence-corrected chi connectivity index (χ3v) is 1.85. The van der Waals surface area contributed by atoms with Crippen LogP contribution >= 0.6 is 0 Å². The van der Waals surface area contributed by atoms with Crippen molar-refractivity contribution in [1.82, 2.24) is 0 Å². The van der Waals surface area contributed by atoms with Gasteiger partial charge in [-0.2, -0.15) is 0 Å². The van der Waals surface area contributed by atoms with E-state index in [1.807, 2.05) is 26.7 Å². The molecule has 90 valence electrons. The molecule has 0 aromatic rings. The van der Waals surface area contributed by atoms with Crippen molar-refractivity contribution in [3.8, 4) is 0 Å². The maximum atomic E-state index is 11.4. The SMILES string of the molecule is C=CCCC(=C=O)CCC(=O)OC(C)(C)C. The molecule has 0 saturated carbocycles. The molecule has 0 fully saturated rings. The van der Waals surface area contributed by atoms with Gasteiger partial charge in [-0.15, -0.1) is 6.58 Å². The number of hydrogen-bond acceptors (Lipinski definition) is 3. The van der Waals surface area contributed by atoms with Gasteiger partial charge in [0.15, 0.2) is 0 Å². The lowest BCUT2D eigenvalue weighted by Gasteiger charge is -2.19. The molecule has 0 bridgehead atoms. The summed E-state index contributed by atoms with van der Waals surface area (Å²) in [4.78, 5) is 21.9. The van der Waals surface area contributed by atoms with Gasteiger partial charge in [0, 0.05) is 12.0 Å². The van der Waals surface area contributed by atoms with Crippen LogP contribution in [-0.4, -0.2) is 17.5 Å². The van der Waals surface area contributed by atoms with Crippen molar-refractivity contribution in [2.24, 2.45) is 0 Å². The van der Waals surface area contributed by atoms with Crippen LogP contribution in [0, 0.1) is 0 Å². The van der Waals surface area contributed by atoms with E-state index in [9.17, 15) is 9.59 Å². The number of ether oxygens (including phenoxy) is 1. The van der Waals surface area contributed by atoms with Gasteiger partial charge in [0.25, 0.3) is 0 Å². The zero-order chi connectivity index (χ0) is 12.6. The van der Waals surface area contributed by atoms with Gasteiger partial charge in [-0.25, -0.2) is 4.79 Å². The summed E-state index contributed by atoms with van der Waals surface area (Å²) in [5, 5.41) is 0. The Kier molecular flexibility index (Phi) is 6.43. The van der Waals surface area contributed by atoms with E-state index in [4.69, 9.17) is 4.74 Å². The normalized spacial score (nSPS) is 10.4. The highest BCUT2D eigenvalue weighted by atomic mass is 16.6. The van der Waals surface area contributed by atoms with E-state index in [0.29, 0.717) is 18.4 Å². The van der Waals surface area contributed by atoms with Crippen LogP contribution in [0.4, 0.5) is 0 Å². The second-order valence-corrected chi connectivity index (χ2v) is 4.62. The van der Waals surface area contributed by atoms with Crippen LogP contribution in [0.15, 0.2) is 18.2 Å². The molecule has 0 atom stereocenters. The first-order valence-corrected chi connectivity index (χ1v) is 5.44. The van der Waals surface area contributed by atoms with Gasteiger partial charge < -0.3 is 4.74 Å². The Morgan fingerprint density at radius 1 is 1.31 bits per heavy atom. The lowest BCUT2D eigenvalue weighted by atomic mass is 10.1. The third-order valence-electron chi connectivity index (χ3n) is 1.85. The minimum Gasteiger partial charge on any atom is -0.460 e. The molecule has 0 spiro atoms. The molecular weight excluding hydrogens is 204 g/mol. The fourth-order valence-electron chi connectivity index (χ4n) is 1.15. The summed E-state index contributed by atoms with van der Waals surface area (Å²) in [5.74, 6) is 1.59. The molecule has 3 nitrogen and oxygen atoms in total. The van der Waals surface area contributed by atoms with Gasteiger partial charge >= 0.3 is 5.97 Å². The van der Waals surface area contributed by atoms with Crippen LogP contribution in [0.3, 0.4) is 0 Å². The lowest BCUT2D eigenvalue weighted by molar-refractivity contribution is -0.154. The van der Waals surface area contributed by atoms with E-state index in [0.717, 1.165) is 6.42 Å². The molecule has 0 heterocycles. The van der Waals surface area contributed by atoms with Crippen molar-refractivity contribution in [1.29, 1.82) is 0 Å². The van der Waals surface area contributed by atoms with Gasteiger partial charge in [0.2, 0.25) is 0 Å². The number of carbonyl (C=O) groups excluding carboxylic acids is 2. The van der Waals surface area contributed by atoms with Crippen LogP contribution in [0.5, 0.6) is 0 Å². The molecular formula is C13H20O3. The van der Waals surface area contributed by atoms with Crippen molar-refractivity contribution >= 4 is 11.9 Å². The minimum absolute atomic E-state index is 0.235. The Labute approximate surface area is 97.2 Å². The maximum Gasteiger partial charge on any atom is 0.306 e. The molecule has 0 radical (unpaired) electrons. The van der Waals surface area contributed by atoms with Crippen LogP contribution in [0.1, 0.15) is 46.5 Å². The third kappa shape index (κ3) is 8.01. The second-order valence-electron chi connectivity index (χ2n) is 4.62. The average Bonchev–Trinajstić information content (AvgIpc) is 2.15. The Balaban J connectivity index is 3.99. The maximum absolute atomic E-state index is 11.4. The van der Waals surface area contributed by atoms with Crippen molar-refractivity contribution in [3.63, 3.8) is 0 Å². The van der Waals surface area contributed by atoms with E-state index >= 15 is 0 Å². The summed E-state index contributed by atoms with van der Waals surface area (Å²) >= 11 is 0. The van der Waals surface area contributed by atoms with E-state index in [-0.39, 0.29) is 12.4 Å². The summed E-state index contributed by atoms with van der Waals surface area (Å²) in [5.41, 5.74) is 0.147. The molecule has 0 aliphatic rings. The molecule has 0 aliphatic carbocycles. The Morgan fingerprint density at radius 3 is 2.38 bits per heavy atom. The van der Waals surface area contributed by atoms with Crippen molar-refractivity contribution in [2.75, 3.05) is 0 Å². The zero-order valence-corrected chi connectivity index (χ0v) is 10.3. The molecule has 0 amide bonds. The first-order chi connectivity index (χ1) is 7.39. The fourth-order valence-corrected chi connectivity index (χ4v) is 1.15. The molecule has 0 saturated heterocycles. The molecule has 0 aliphatic heterocycles. The number of hydrogen-bond donors (Lipinski definition) is 0. The van der Waals surface area contributed by atoms with Crippen molar-refractivity contribution < 1.29 is 14.3 Å². The van der Waals surface area contributed by atoms with Gasteiger partial charge in [-0.05, 0) is 40.0 Å². The first kappa shape index (κ1) is 14.7. The predicted molar refractivity (Wildman–Crippen MR) is 63.7 cm³/mol. The van der Waals surface area contributed by atoms with Gasteiger partial charge in [0.05, 0.1) is 0 Å². The van der Waals surface area contributed by atoms with Gasteiger partial charge in [0.1, 0.15) is 11.5 Å². The largest absolute Gasteiger partial charge is 0.460 e. The summed E-state index contributed by atoms with van der Waals surface area (Å²) in [6.45, 7) is 9.03. The summed E-state index contributed by atoms with van der Waals surface area (Å²) in [6, 6.07) is 0. The molecule has 0 aromatic carbocycles. The van der Waals surface area contributed by atoms with E-state index in [1.54, 1.807) is 6.08 Å². The van der Waals surface area contributed by atoms with Gasteiger partial charge in [-0.3, -0.25) is 4.79 Å². The summed E-state index contributed by atoms with van der Waals surface area (Å²) in [6.07, 6.45) is 3.75. The topological polar surface area (TPSA) is 43.4 Å². The van der Waals surface area contributed by atoms with Crippen LogP contribution < -0.4 is 0 Å². The zero-order valence-electron chi connectivity index (χ0n) is 10.3. The number of esters is 1. The van der Waals surface area contributed by atoms with Crippen LogP contribution in [0.25, 0.3) is 0 Å². The average molecular weight is 224 g/mol. The van der Waals surface area contributed by atoms with E-state index in [2.05, 4.69) is 6.58 Å².